The van der Waals surface area contributed by atoms with Crippen molar-refractivity contribution in [1.29, 1.82) is 0 Å². The van der Waals surface area contributed by atoms with E-state index in [0.717, 1.165) is 26.6 Å². The highest BCUT2D eigenvalue weighted by molar-refractivity contribution is 9.10. The number of phenols is 1. The average molecular weight is 349 g/mol. The number of aromatic amines is 1. The molecule has 4 heteroatoms. The second kappa shape index (κ2) is 5.35. The maximum atomic E-state index is 9.56. The zero-order chi connectivity index (χ0) is 14.1. The van der Waals surface area contributed by atoms with Gasteiger partial charge in [0.25, 0.3) is 0 Å². The first kappa shape index (κ1) is 13.3. The summed E-state index contributed by atoms with van der Waals surface area (Å²) in [5.41, 5.74) is 2.98. The summed E-state index contributed by atoms with van der Waals surface area (Å²) in [4.78, 5) is 3.33. The van der Waals surface area contributed by atoms with E-state index in [0.29, 0.717) is 5.02 Å². The third kappa shape index (κ3) is 2.74. The standard InChI is InChI=1S/C16H11BrClNO/c17-12-4-3-11-8-13(19-15(11)9-12)5-1-10-2-6-14(18)16(20)7-10/h1-9,19-20H/b5-1+. The monoisotopic (exact) mass is 347 g/mol. The highest BCUT2D eigenvalue weighted by Crippen LogP contribution is 2.25. The second-order valence-corrected chi connectivity index (χ2v) is 5.82. The first-order valence-corrected chi connectivity index (χ1v) is 7.24. The number of nitrogens with one attached hydrogen (secondary N) is 1. The molecule has 0 aliphatic carbocycles. The summed E-state index contributed by atoms with van der Waals surface area (Å²) in [5, 5.41) is 11.1. The third-order valence-electron chi connectivity index (χ3n) is 3.03. The lowest BCUT2D eigenvalue weighted by molar-refractivity contribution is 0.475. The lowest BCUT2D eigenvalue weighted by Gasteiger charge is -1.97. The molecule has 0 fully saturated rings. The summed E-state index contributed by atoms with van der Waals surface area (Å²) in [7, 11) is 0. The van der Waals surface area contributed by atoms with Crippen LogP contribution in [0.3, 0.4) is 0 Å². The van der Waals surface area contributed by atoms with Gasteiger partial charge in [0.05, 0.1) is 5.02 Å². The Labute approximate surface area is 129 Å². The van der Waals surface area contributed by atoms with Gasteiger partial charge in [0.1, 0.15) is 5.75 Å². The number of benzene rings is 2. The molecule has 0 aliphatic heterocycles. The van der Waals surface area contributed by atoms with Crippen LogP contribution >= 0.6 is 27.5 Å². The van der Waals surface area contributed by atoms with Gasteiger partial charge in [-0.1, -0.05) is 45.7 Å². The van der Waals surface area contributed by atoms with Crippen LogP contribution in [0.4, 0.5) is 0 Å². The van der Waals surface area contributed by atoms with E-state index in [9.17, 15) is 5.11 Å². The maximum Gasteiger partial charge on any atom is 0.134 e. The van der Waals surface area contributed by atoms with Crippen LogP contribution in [0, 0.1) is 0 Å². The van der Waals surface area contributed by atoms with Crippen LogP contribution in [0.1, 0.15) is 11.3 Å². The Morgan fingerprint density at radius 1 is 1.05 bits per heavy atom. The van der Waals surface area contributed by atoms with Crippen molar-refractivity contribution in [2.75, 3.05) is 0 Å². The molecule has 2 nitrogen and oxygen atoms in total. The van der Waals surface area contributed by atoms with Crippen LogP contribution in [0.15, 0.2) is 46.9 Å². The summed E-state index contributed by atoms with van der Waals surface area (Å²) in [6.07, 6.45) is 3.90. The first-order valence-electron chi connectivity index (χ1n) is 6.07. The molecule has 100 valence electrons. The summed E-state index contributed by atoms with van der Waals surface area (Å²) in [6.45, 7) is 0. The van der Waals surface area contributed by atoms with Crippen molar-refractivity contribution in [3.05, 3.63) is 63.2 Å². The molecule has 0 atom stereocenters. The molecule has 0 spiro atoms. The summed E-state index contributed by atoms with van der Waals surface area (Å²) in [5.74, 6) is 0.0920. The van der Waals surface area contributed by atoms with Gasteiger partial charge < -0.3 is 10.1 Å². The fourth-order valence-electron chi connectivity index (χ4n) is 2.03. The molecule has 1 heterocycles. The van der Waals surface area contributed by atoms with Gasteiger partial charge in [-0.25, -0.2) is 0 Å². The minimum absolute atomic E-state index is 0.0920. The zero-order valence-electron chi connectivity index (χ0n) is 10.4. The SMILES string of the molecule is Oc1cc(/C=C/c2cc3ccc(Br)cc3[nH]2)ccc1Cl. The molecule has 0 bridgehead atoms. The fourth-order valence-corrected chi connectivity index (χ4v) is 2.51. The van der Waals surface area contributed by atoms with Gasteiger partial charge in [-0.15, -0.1) is 0 Å². The third-order valence-corrected chi connectivity index (χ3v) is 3.84. The number of aromatic hydroxyl groups is 1. The molecule has 3 aromatic rings. The molecule has 0 saturated carbocycles. The van der Waals surface area contributed by atoms with Gasteiger partial charge in [-0.05, 0) is 42.0 Å². The largest absolute Gasteiger partial charge is 0.506 e. The summed E-state index contributed by atoms with van der Waals surface area (Å²) >= 11 is 9.24. The molecule has 20 heavy (non-hydrogen) atoms. The van der Waals surface area contributed by atoms with Gasteiger partial charge in [0.2, 0.25) is 0 Å². The minimum atomic E-state index is 0.0920. The Morgan fingerprint density at radius 3 is 2.70 bits per heavy atom. The number of fused-ring (bicyclic) bond motifs is 1. The summed E-state index contributed by atoms with van der Waals surface area (Å²) < 4.78 is 1.05. The Morgan fingerprint density at radius 2 is 1.90 bits per heavy atom. The zero-order valence-corrected chi connectivity index (χ0v) is 12.7. The van der Waals surface area contributed by atoms with Crippen molar-refractivity contribution in [2.45, 2.75) is 0 Å². The molecule has 0 radical (unpaired) electrons. The minimum Gasteiger partial charge on any atom is -0.506 e. The van der Waals surface area contributed by atoms with Crippen LogP contribution in [0.25, 0.3) is 23.1 Å². The van der Waals surface area contributed by atoms with Gasteiger partial charge in [0, 0.05) is 21.1 Å². The molecular weight excluding hydrogens is 338 g/mol. The highest BCUT2D eigenvalue weighted by atomic mass is 79.9. The Bertz CT molecular complexity index is 807. The van der Waals surface area contributed by atoms with E-state index < -0.39 is 0 Å². The van der Waals surface area contributed by atoms with Crippen LogP contribution in [0.5, 0.6) is 5.75 Å². The van der Waals surface area contributed by atoms with Crippen molar-refractivity contribution in [2.24, 2.45) is 0 Å². The normalized spacial score (nSPS) is 11.5. The van der Waals surface area contributed by atoms with Gasteiger partial charge in [-0.2, -0.15) is 0 Å². The van der Waals surface area contributed by atoms with Crippen LogP contribution in [0.2, 0.25) is 5.02 Å². The van der Waals surface area contributed by atoms with Crippen molar-refractivity contribution >= 4 is 50.6 Å². The molecule has 3 rings (SSSR count). The molecule has 0 amide bonds. The first-order chi connectivity index (χ1) is 9.61. The van der Waals surface area contributed by atoms with Crippen LogP contribution in [-0.2, 0) is 0 Å². The molecule has 0 aliphatic rings. The molecular formula is C16H11BrClNO. The highest BCUT2D eigenvalue weighted by Gasteiger charge is 2.00. The number of hydrogen-bond acceptors (Lipinski definition) is 1. The second-order valence-electron chi connectivity index (χ2n) is 4.50. The number of aromatic nitrogens is 1. The van der Waals surface area contributed by atoms with Gasteiger partial charge in [0.15, 0.2) is 0 Å². The van der Waals surface area contributed by atoms with E-state index >= 15 is 0 Å². The Balaban J connectivity index is 1.91. The van der Waals surface area contributed by atoms with Crippen molar-refractivity contribution in [3.63, 3.8) is 0 Å². The van der Waals surface area contributed by atoms with E-state index in [-0.39, 0.29) is 5.75 Å². The van der Waals surface area contributed by atoms with Crippen LogP contribution < -0.4 is 0 Å². The number of halogens is 2. The molecule has 1 aromatic heterocycles. The van der Waals surface area contributed by atoms with Gasteiger partial charge >= 0.3 is 0 Å². The van der Waals surface area contributed by atoms with Crippen molar-refractivity contribution < 1.29 is 5.11 Å². The van der Waals surface area contributed by atoms with Crippen molar-refractivity contribution in [3.8, 4) is 5.75 Å². The van der Waals surface area contributed by atoms with Gasteiger partial charge in [-0.3, -0.25) is 0 Å². The number of phenolic OH excluding ortho intramolecular Hbond substituents is 1. The molecule has 2 aromatic carbocycles. The Kier molecular flexibility index (Phi) is 3.55. The maximum absolute atomic E-state index is 9.56. The predicted octanol–water partition coefficient (Wildman–Crippen LogP) is 5.46. The quantitative estimate of drug-likeness (QED) is 0.634. The van der Waals surface area contributed by atoms with E-state index in [1.54, 1.807) is 12.1 Å². The van der Waals surface area contributed by atoms with Crippen molar-refractivity contribution in [1.82, 2.24) is 4.98 Å². The van der Waals surface area contributed by atoms with Crippen LogP contribution in [-0.4, -0.2) is 10.1 Å². The van der Waals surface area contributed by atoms with E-state index in [1.165, 1.54) is 0 Å². The lowest BCUT2D eigenvalue weighted by Crippen LogP contribution is -1.74. The smallest absolute Gasteiger partial charge is 0.134 e. The molecule has 0 unspecified atom stereocenters. The topological polar surface area (TPSA) is 36.0 Å². The van der Waals surface area contributed by atoms with E-state index in [4.69, 9.17) is 11.6 Å². The number of H-pyrrole nitrogens is 1. The van der Waals surface area contributed by atoms with E-state index in [1.807, 2.05) is 30.4 Å². The molecule has 2 N–H and O–H groups in total. The van der Waals surface area contributed by atoms with E-state index in [2.05, 4.69) is 33.0 Å². The summed E-state index contributed by atoms with van der Waals surface area (Å²) in [6, 6.07) is 13.4. The number of hydrogen-bond donors (Lipinski definition) is 2. The lowest BCUT2D eigenvalue weighted by atomic mass is 10.2. The predicted molar refractivity (Wildman–Crippen MR) is 88.0 cm³/mol. The molecule has 0 saturated heterocycles. The average Bonchev–Trinajstić information content (AvgIpc) is 2.82. The number of rotatable bonds is 2. The Hall–Kier alpha value is -1.71. The fraction of sp³-hybridized carbons (Fsp3) is 0.